The number of rotatable bonds is 22. The zero-order chi connectivity index (χ0) is 24.3. The van der Waals surface area contributed by atoms with Gasteiger partial charge in [-0.05, 0) is 31.6 Å². The second kappa shape index (κ2) is 19.3. The third kappa shape index (κ3) is 14.7. The molecule has 0 unspecified atom stereocenters. The van der Waals surface area contributed by atoms with Crippen molar-refractivity contribution in [1.29, 1.82) is 0 Å². The molecular formula is C29H54O4. The summed E-state index contributed by atoms with van der Waals surface area (Å²) in [6.07, 6.45) is 21.3. The fraction of sp³-hybridized carbons (Fsp3) is 0.931. The molecule has 194 valence electrons. The maximum Gasteiger partial charge on any atom is 0.313 e. The van der Waals surface area contributed by atoms with Gasteiger partial charge >= 0.3 is 11.9 Å². The Balaban J connectivity index is 2.36. The normalized spacial score (nSPS) is 18.8. The van der Waals surface area contributed by atoms with Crippen LogP contribution in [0, 0.1) is 11.8 Å². The maximum absolute atomic E-state index is 12.4. The van der Waals surface area contributed by atoms with Crippen molar-refractivity contribution >= 4 is 11.9 Å². The van der Waals surface area contributed by atoms with Crippen LogP contribution >= 0.6 is 0 Å². The van der Waals surface area contributed by atoms with Crippen LogP contribution in [0.5, 0.6) is 0 Å². The molecular weight excluding hydrogens is 412 g/mol. The van der Waals surface area contributed by atoms with Gasteiger partial charge in [-0.15, -0.1) is 0 Å². The Labute approximate surface area is 205 Å². The van der Waals surface area contributed by atoms with Crippen molar-refractivity contribution in [1.82, 2.24) is 0 Å². The van der Waals surface area contributed by atoms with Crippen molar-refractivity contribution in [3.8, 4) is 0 Å². The third-order valence-corrected chi connectivity index (χ3v) is 6.99. The Bertz CT molecular complexity index is 502. The van der Waals surface area contributed by atoms with Gasteiger partial charge < -0.3 is 9.47 Å². The van der Waals surface area contributed by atoms with E-state index < -0.39 is 0 Å². The first-order valence-corrected chi connectivity index (χ1v) is 14.4. The molecule has 0 aromatic carbocycles. The molecule has 33 heavy (non-hydrogen) atoms. The Morgan fingerprint density at radius 1 is 0.818 bits per heavy atom. The molecule has 0 aromatic heterocycles. The largest absolute Gasteiger partial charge is 0.462 e. The van der Waals surface area contributed by atoms with Crippen LogP contribution in [0.2, 0.25) is 0 Å². The summed E-state index contributed by atoms with van der Waals surface area (Å²) in [6.45, 7) is 8.72. The van der Waals surface area contributed by atoms with Gasteiger partial charge in [0.1, 0.15) is 12.2 Å². The van der Waals surface area contributed by atoms with E-state index >= 15 is 0 Å². The lowest BCUT2D eigenvalue weighted by molar-refractivity contribution is -0.190. The van der Waals surface area contributed by atoms with E-state index in [2.05, 4.69) is 27.7 Å². The molecule has 0 spiro atoms. The number of unbranched alkanes of at least 4 members (excludes halogenated alkanes) is 12. The van der Waals surface area contributed by atoms with Gasteiger partial charge in [-0.25, -0.2) is 0 Å². The van der Waals surface area contributed by atoms with Gasteiger partial charge in [-0.2, -0.15) is 0 Å². The van der Waals surface area contributed by atoms with Gasteiger partial charge in [0.2, 0.25) is 0 Å². The van der Waals surface area contributed by atoms with Crippen LogP contribution in [-0.2, 0) is 19.1 Å². The number of carbonyl (C=O) groups excluding carboxylic acids is 2. The fourth-order valence-electron chi connectivity index (χ4n) is 4.70. The zero-order valence-electron chi connectivity index (χ0n) is 22.4. The van der Waals surface area contributed by atoms with E-state index in [0.717, 1.165) is 32.1 Å². The van der Waals surface area contributed by atoms with Gasteiger partial charge in [0.05, 0.1) is 5.92 Å². The smallest absolute Gasteiger partial charge is 0.313 e. The van der Waals surface area contributed by atoms with Gasteiger partial charge in [0.15, 0.2) is 0 Å². The van der Waals surface area contributed by atoms with Crippen molar-refractivity contribution in [2.45, 2.75) is 162 Å². The van der Waals surface area contributed by atoms with Crippen LogP contribution in [0.1, 0.15) is 150 Å². The molecule has 0 N–H and O–H groups in total. The summed E-state index contributed by atoms with van der Waals surface area (Å²) >= 11 is 0. The lowest BCUT2D eigenvalue weighted by Gasteiger charge is -2.37. The minimum absolute atomic E-state index is 0.00595. The molecule has 0 radical (unpaired) electrons. The highest BCUT2D eigenvalue weighted by Crippen LogP contribution is 2.32. The molecule has 1 saturated heterocycles. The Morgan fingerprint density at radius 2 is 1.36 bits per heavy atom. The summed E-state index contributed by atoms with van der Waals surface area (Å²) in [5, 5.41) is 0. The van der Waals surface area contributed by atoms with Crippen LogP contribution in [0.15, 0.2) is 0 Å². The number of cyclic esters (lactones) is 1. The van der Waals surface area contributed by atoms with Crippen molar-refractivity contribution in [3.63, 3.8) is 0 Å². The Kier molecular flexibility index (Phi) is 17.5. The number of carbonyl (C=O) groups is 2. The second-order valence-corrected chi connectivity index (χ2v) is 10.7. The SMILES string of the molecule is CCCCCCCCCCCC[C@@H](C[C@@H]1OC(=O)[C@H]1CCCCCC)OC(=O)CCC(C)C. The van der Waals surface area contributed by atoms with E-state index in [9.17, 15) is 9.59 Å². The summed E-state index contributed by atoms with van der Waals surface area (Å²) in [5.41, 5.74) is 0. The van der Waals surface area contributed by atoms with Crippen molar-refractivity contribution < 1.29 is 19.1 Å². The molecule has 4 heteroatoms. The number of esters is 2. The molecule has 0 amide bonds. The van der Waals surface area contributed by atoms with E-state index in [1.165, 1.54) is 77.0 Å². The van der Waals surface area contributed by atoms with Crippen molar-refractivity contribution in [2.75, 3.05) is 0 Å². The second-order valence-electron chi connectivity index (χ2n) is 10.7. The van der Waals surface area contributed by atoms with E-state index in [1.807, 2.05) is 0 Å². The lowest BCUT2D eigenvalue weighted by atomic mass is 9.86. The highest BCUT2D eigenvalue weighted by Gasteiger charge is 2.43. The van der Waals surface area contributed by atoms with Gasteiger partial charge in [-0.3, -0.25) is 9.59 Å². The quantitative estimate of drug-likeness (QED) is 0.118. The molecule has 0 aliphatic carbocycles. The molecule has 3 atom stereocenters. The third-order valence-electron chi connectivity index (χ3n) is 6.99. The van der Waals surface area contributed by atoms with Gasteiger partial charge in [0, 0.05) is 12.8 Å². The first-order chi connectivity index (χ1) is 16.0. The average Bonchev–Trinajstić information content (AvgIpc) is 2.78. The number of ether oxygens (including phenoxy) is 2. The summed E-state index contributed by atoms with van der Waals surface area (Å²) < 4.78 is 11.4. The summed E-state index contributed by atoms with van der Waals surface area (Å²) in [5.74, 6) is 0.357. The summed E-state index contributed by atoms with van der Waals surface area (Å²) in [4.78, 5) is 24.4. The molecule has 1 fully saturated rings. The van der Waals surface area contributed by atoms with E-state index in [0.29, 0.717) is 18.8 Å². The lowest BCUT2D eigenvalue weighted by Crippen LogP contribution is -2.47. The van der Waals surface area contributed by atoms with Crippen LogP contribution in [0.4, 0.5) is 0 Å². The fourth-order valence-corrected chi connectivity index (χ4v) is 4.70. The van der Waals surface area contributed by atoms with E-state index in [1.54, 1.807) is 0 Å². The van der Waals surface area contributed by atoms with Crippen LogP contribution < -0.4 is 0 Å². The van der Waals surface area contributed by atoms with E-state index in [4.69, 9.17) is 9.47 Å². The first-order valence-electron chi connectivity index (χ1n) is 14.4. The van der Waals surface area contributed by atoms with Crippen LogP contribution in [0.25, 0.3) is 0 Å². The predicted molar refractivity (Wildman–Crippen MR) is 137 cm³/mol. The molecule has 0 bridgehead atoms. The highest BCUT2D eigenvalue weighted by atomic mass is 16.6. The molecule has 1 aliphatic rings. The molecule has 1 heterocycles. The highest BCUT2D eigenvalue weighted by molar-refractivity contribution is 5.78. The molecule has 0 saturated carbocycles. The van der Waals surface area contributed by atoms with Crippen LogP contribution in [0.3, 0.4) is 0 Å². The van der Waals surface area contributed by atoms with Gasteiger partial charge in [0.25, 0.3) is 0 Å². The molecule has 1 rings (SSSR count). The molecule has 1 aliphatic heterocycles. The minimum atomic E-state index is -0.116. The monoisotopic (exact) mass is 466 g/mol. The zero-order valence-corrected chi connectivity index (χ0v) is 22.4. The minimum Gasteiger partial charge on any atom is -0.462 e. The average molecular weight is 467 g/mol. The number of hydrogen-bond acceptors (Lipinski definition) is 4. The van der Waals surface area contributed by atoms with Crippen molar-refractivity contribution in [3.05, 3.63) is 0 Å². The topological polar surface area (TPSA) is 52.6 Å². The maximum atomic E-state index is 12.4. The summed E-state index contributed by atoms with van der Waals surface area (Å²) in [6, 6.07) is 0. The molecule has 0 aromatic rings. The summed E-state index contributed by atoms with van der Waals surface area (Å²) in [7, 11) is 0. The van der Waals surface area contributed by atoms with Gasteiger partial charge in [-0.1, -0.05) is 111 Å². The number of hydrogen-bond donors (Lipinski definition) is 0. The van der Waals surface area contributed by atoms with E-state index in [-0.39, 0.29) is 30.1 Å². The van der Waals surface area contributed by atoms with Crippen molar-refractivity contribution in [2.24, 2.45) is 11.8 Å². The predicted octanol–water partition coefficient (Wildman–Crippen LogP) is 8.55. The standard InChI is InChI=1S/C29H54O4/c1-5-7-9-11-12-13-14-15-16-17-19-25(32-28(30)22-21-24(3)4)23-27-26(29(31)33-27)20-18-10-8-6-2/h24-27H,5-23H2,1-4H3/t25-,26-,27-/m0/s1. The molecule has 4 nitrogen and oxygen atoms in total. The van der Waals surface area contributed by atoms with Crippen LogP contribution in [-0.4, -0.2) is 24.1 Å². The Morgan fingerprint density at radius 3 is 1.91 bits per heavy atom. The first kappa shape index (κ1) is 30.0. The Hall–Kier alpha value is -1.06.